The number of hydrogen-bond acceptors (Lipinski definition) is 1. The average molecular weight is 334 g/mol. The van der Waals surface area contributed by atoms with E-state index in [0.717, 1.165) is 11.5 Å². The third-order valence-electron chi connectivity index (χ3n) is 5.02. The van der Waals surface area contributed by atoms with E-state index in [1.54, 1.807) is 0 Å². The Morgan fingerprint density at radius 1 is 0.615 bits per heavy atom. The van der Waals surface area contributed by atoms with Gasteiger partial charge in [-0.25, -0.2) is 0 Å². The van der Waals surface area contributed by atoms with Crippen LogP contribution in [0.25, 0.3) is 16.8 Å². The first-order valence-electron chi connectivity index (χ1n) is 8.92. The standard InChI is InChI=1S/C25H18O/c1-2-11-20-18(8-1)9-7-10-19(20)16-17-21-22-12-3-5-14-24(22)26-25-15-6-4-13-23(21)25/h1-17,21H/b17-16+. The van der Waals surface area contributed by atoms with Crippen LogP contribution in [0.2, 0.25) is 0 Å². The van der Waals surface area contributed by atoms with Gasteiger partial charge in [-0.05, 0) is 28.5 Å². The van der Waals surface area contributed by atoms with Gasteiger partial charge in [0.05, 0.1) is 0 Å². The topological polar surface area (TPSA) is 9.23 Å². The highest BCUT2D eigenvalue weighted by Gasteiger charge is 2.24. The molecular formula is C25H18O. The van der Waals surface area contributed by atoms with E-state index >= 15 is 0 Å². The van der Waals surface area contributed by atoms with Gasteiger partial charge in [0.15, 0.2) is 0 Å². The number of benzene rings is 4. The summed E-state index contributed by atoms with van der Waals surface area (Å²) in [5.74, 6) is 2.08. The molecule has 26 heavy (non-hydrogen) atoms. The van der Waals surface area contributed by atoms with Crippen molar-refractivity contribution in [2.24, 2.45) is 0 Å². The smallest absolute Gasteiger partial charge is 0.131 e. The van der Waals surface area contributed by atoms with E-state index in [1.165, 1.54) is 27.5 Å². The van der Waals surface area contributed by atoms with E-state index in [4.69, 9.17) is 4.74 Å². The molecule has 4 aromatic carbocycles. The molecule has 0 atom stereocenters. The Morgan fingerprint density at radius 2 is 1.23 bits per heavy atom. The summed E-state index contributed by atoms with van der Waals surface area (Å²) in [4.78, 5) is 0. The summed E-state index contributed by atoms with van der Waals surface area (Å²) in [6.45, 7) is 0. The van der Waals surface area contributed by atoms with Gasteiger partial charge in [-0.3, -0.25) is 0 Å². The van der Waals surface area contributed by atoms with E-state index in [9.17, 15) is 0 Å². The molecule has 4 aromatic rings. The van der Waals surface area contributed by atoms with Gasteiger partial charge in [-0.1, -0.05) is 91.0 Å². The van der Waals surface area contributed by atoms with E-state index in [-0.39, 0.29) is 5.92 Å². The monoisotopic (exact) mass is 334 g/mol. The number of ether oxygens (including phenoxy) is 1. The molecule has 0 saturated carbocycles. The van der Waals surface area contributed by atoms with Crippen molar-refractivity contribution in [3.8, 4) is 11.5 Å². The van der Waals surface area contributed by atoms with Gasteiger partial charge in [0.25, 0.3) is 0 Å². The summed E-state index contributed by atoms with van der Waals surface area (Å²) in [7, 11) is 0. The zero-order valence-electron chi connectivity index (χ0n) is 14.3. The number of allylic oxidation sites excluding steroid dienone is 1. The van der Waals surface area contributed by atoms with Gasteiger partial charge in [0, 0.05) is 17.0 Å². The molecule has 5 rings (SSSR count). The maximum atomic E-state index is 6.10. The lowest BCUT2D eigenvalue weighted by Crippen LogP contribution is -2.08. The summed E-state index contributed by atoms with van der Waals surface area (Å²) in [6.07, 6.45) is 4.54. The molecule has 0 N–H and O–H groups in total. The minimum Gasteiger partial charge on any atom is -0.457 e. The number of para-hydroxylation sites is 2. The predicted molar refractivity (Wildman–Crippen MR) is 108 cm³/mol. The fourth-order valence-electron chi connectivity index (χ4n) is 3.75. The van der Waals surface area contributed by atoms with Crippen molar-refractivity contribution in [1.82, 2.24) is 0 Å². The van der Waals surface area contributed by atoms with Crippen molar-refractivity contribution in [2.75, 3.05) is 0 Å². The van der Waals surface area contributed by atoms with E-state index < -0.39 is 0 Å². The van der Waals surface area contributed by atoms with Crippen molar-refractivity contribution in [3.05, 3.63) is 114 Å². The summed E-state index contributed by atoms with van der Waals surface area (Å²) < 4.78 is 6.10. The van der Waals surface area contributed by atoms with Crippen LogP contribution >= 0.6 is 0 Å². The first-order valence-corrected chi connectivity index (χ1v) is 8.92. The molecule has 1 aliphatic rings. The van der Waals surface area contributed by atoms with Crippen LogP contribution in [0.1, 0.15) is 22.6 Å². The summed E-state index contributed by atoms with van der Waals surface area (Å²) >= 11 is 0. The molecule has 0 spiro atoms. The Labute approximate surface area is 153 Å². The minimum absolute atomic E-state index is 0.190. The van der Waals surface area contributed by atoms with Gasteiger partial charge in [-0.2, -0.15) is 0 Å². The SMILES string of the molecule is C(=C\C1c2ccccc2Oc2ccccc21)/c1cccc2ccccc12. The molecule has 0 radical (unpaired) electrons. The Bertz CT molecular complexity index is 1070. The van der Waals surface area contributed by atoms with Crippen molar-refractivity contribution in [3.63, 3.8) is 0 Å². The molecule has 124 valence electrons. The maximum absolute atomic E-state index is 6.10. The third kappa shape index (κ3) is 2.49. The fraction of sp³-hybridized carbons (Fsp3) is 0.0400. The zero-order chi connectivity index (χ0) is 17.3. The molecule has 0 unspecified atom stereocenters. The maximum Gasteiger partial charge on any atom is 0.131 e. The molecule has 0 amide bonds. The second kappa shape index (κ2) is 6.20. The molecule has 0 bridgehead atoms. The molecule has 0 aliphatic carbocycles. The fourth-order valence-corrected chi connectivity index (χ4v) is 3.75. The lowest BCUT2D eigenvalue weighted by atomic mass is 9.87. The second-order valence-corrected chi connectivity index (χ2v) is 6.58. The molecular weight excluding hydrogens is 316 g/mol. The van der Waals surface area contributed by atoms with Gasteiger partial charge in [0.2, 0.25) is 0 Å². The van der Waals surface area contributed by atoms with Gasteiger partial charge in [-0.15, -0.1) is 0 Å². The first-order chi connectivity index (χ1) is 12.9. The van der Waals surface area contributed by atoms with Crippen molar-refractivity contribution in [2.45, 2.75) is 5.92 Å². The normalized spacial score (nSPS) is 13.4. The number of hydrogen-bond donors (Lipinski definition) is 0. The number of fused-ring (bicyclic) bond motifs is 3. The third-order valence-corrected chi connectivity index (χ3v) is 5.02. The van der Waals surface area contributed by atoms with Crippen LogP contribution in [0.15, 0.2) is 97.1 Å². The molecule has 1 nitrogen and oxygen atoms in total. The van der Waals surface area contributed by atoms with Crippen LogP contribution < -0.4 is 4.74 Å². The molecule has 0 fully saturated rings. The van der Waals surface area contributed by atoms with Crippen LogP contribution in [0, 0.1) is 0 Å². The lowest BCUT2D eigenvalue weighted by Gasteiger charge is -2.26. The van der Waals surface area contributed by atoms with Crippen molar-refractivity contribution >= 4 is 16.8 Å². The predicted octanol–water partition coefficient (Wildman–Crippen LogP) is 6.79. The largest absolute Gasteiger partial charge is 0.457 e. The second-order valence-electron chi connectivity index (χ2n) is 6.58. The van der Waals surface area contributed by atoms with Crippen LogP contribution in [0.3, 0.4) is 0 Å². The Morgan fingerprint density at radius 3 is 2.00 bits per heavy atom. The quantitative estimate of drug-likeness (QED) is 0.392. The Kier molecular flexibility index (Phi) is 3.57. The minimum atomic E-state index is 0.190. The van der Waals surface area contributed by atoms with Crippen LogP contribution in [-0.2, 0) is 0 Å². The van der Waals surface area contributed by atoms with Crippen molar-refractivity contribution in [1.29, 1.82) is 0 Å². The summed E-state index contributed by atoms with van der Waals surface area (Å²) in [6, 6.07) is 31.6. The van der Waals surface area contributed by atoms with Gasteiger partial charge in [0.1, 0.15) is 11.5 Å². The highest BCUT2D eigenvalue weighted by molar-refractivity contribution is 5.90. The Balaban J connectivity index is 1.63. The molecule has 0 saturated heterocycles. The zero-order valence-corrected chi connectivity index (χ0v) is 14.3. The lowest BCUT2D eigenvalue weighted by molar-refractivity contribution is 0.454. The van der Waals surface area contributed by atoms with Crippen LogP contribution in [0.5, 0.6) is 11.5 Å². The highest BCUT2D eigenvalue weighted by atomic mass is 16.5. The molecule has 0 aromatic heterocycles. The Hall–Kier alpha value is -3.32. The van der Waals surface area contributed by atoms with Crippen LogP contribution in [-0.4, -0.2) is 0 Å². The summed E-state index contributed by atoms with van der Waals surface area (Å²) in [5, 5.41) is 2.54. The first kappa shape index (κ1) is 15.0. The highest BCUT2D eigenvalue weighted by Crippen LogP contribution is 2.44. The van der Waals surface area contributed by atoms with E-state index in [0.29, 0.717) is 0 Å². The van der Waals surface area contributed by atoms with Gasteiger partial charge < -0.3 is 4.74 Å². The average Bonchev–Trinajstić information content (AvgIpc) is 2.71. The van der Waals surface area contributed by atoms with Crippen LogP contribution in [0.4, 0.5) is 0 Å². The van der Waals surface area contributed by atoms with E-state index in [2.05, 4.69) is 78.9 Å². The van der Waals surface area contributed by atoms with Gasteiger partial charge >= 0.3 is 0 Å². The molecule has 1 aliphatic heterocycles. The summed E-state index contributed by atoms with van der Waals surface area (Å²) in [5.41, 5.74) is 3.66. The van der Waals surface area contributed by atoms with E-state index in [1.807, 2.05) is 24.3 Å². The number of rotatable bonds is 2. The molecule has 1 heteroatoms. The molecule has 1 heterocycles. The van der Waals surface area contributed by atoms with Crippen molar-refractivity contribution < 1.29 is 4.74 Å².